The van der Waals surface area contributed by atoms with Crippen molar-refractivity contribution in [2.45, 2.75) is 0 Å². The number of nitrogens with zero attached hydrogens (tertiary/aromatic N) is 1. The SMILES string of the molecule is Nc1cccnc1Nc1cccc(/C=C/c2cc[nH]c(=O)c2)c1. The Labute approximate surface area is 133 Å². The van der Waals surface area contributed by atoms with Crippen LogP contribution in [0.25, 0.3) is 12.2 Å². The average molecular weight is 304 g/mol. The summed E-state index contributed by atoms with van der Waals surface area (Å²) < 4.78 is 0. The molecule has 3 rings (SSSR count). The Bertz CT molecular complexity index is 899. The lowest BCUT2D eigenvalue weighted by atomic mass is 10.1. The minimum atomic E-state index is -0.117. The number of pyridine rings is 2. The zero-order valence-electron chi connectivity index (χ0n) is 12.4. The molecule has 3 aromatic rings. The van der Waals surface area contributed by atoms with Crippen molar-refractivity contribution in [1.29, 1.82) is 0 Å². The molecular formula is C18H16N4O. The Morgan fingerprint density at radius 3 is 2.65 bits per heavy atom. The third-order valence-electron chi connectivity index (χ3n) is 3.26. The lowest BCUT2D eigenvalue weighted by Crippen LogP contribution is -2.01. The van der Waals surface area contributed by atoms with Gasteiger partial charge in [0.25, 0.3) is 0 Å². The lowest BCUT2D eigenvalue weighted by Gasteiger charge is -2.08. The number of H-pyrrole nitrogens is 1. The fourth-order valence-corrected chi connectivity index (χ4v) is 2.14. The fraction of sp³-hybridized carbons (Fsp3) is 0. The largest absolute Gasteiger partial charge is 0.396 e. The highest BCUT2D eigenvalue weighted by molar-refractivity contribution is 5.73. The first-order chi connectivity index (χ1) is 11.2. The van der Waals surface area contributed by atoms with E-state index in [0.29, 0.717) is 11.5 Å². The minimum Gasteiger partial charge on any atom is -0.396 e. The summed E-state index contributed by atoms with van der Waals surface area (Å²) in [6.07, 6.45) is 7.16. The molecule has 0 radical (unpaired) electrons. The summed E-state index contributed by atoms with van der Waals surface area (Å²) in [5, 5.41) is 3.19. The molecule has 0 bridgehead atoms. The van der Waals surface area contributed by atoms with E-state index in [2.05, 4.69) is 15.3 Å². The van der Waals surface area contributed by atoms with Crippen LogP contribution in [0.4, 0.5) is 17.2 Å². The van der Waals surface area contributed by atoms with E-state index in [4.69, 9.17) is 5.73 Å². The van der Waals surface area contributed by atoms with Crippen molar-refractivity contribution < 1.29 is 0 Å². The summed E-state index contributed by atoms with van der Waals surface area (Å²) in [6.45, 7) is 0. The first kappa shape index (κ1) is 14.6. The smallest absolute Gasteiger partial charge is 0.248 e. The molecule has 0 unspecified atom stereocenters. The Morgan fingerprint density at radius 1 is 1.04 bits per heavy atom. The molecule has 2 heterocycles. The van der Waals surface area contributed by atoms with Crippen LogP contribution in [-0.4, -0.2) is 9.97 Å². The van der Waals surface area contributed by atoms with E-state index in [1.165, 1.54) is 0 Å². The quantitative estimate of drug-likeness (QED) is 0.690. The number of benzene rings is 1. The van der Waals surface area contributed by atoms with Gasteiger partial charge < -0.3 is 16.0 Å². The third-order valence-corrected chi connectivity index (χ3v) is 3.26. The van der Waals surface area contributed by atoms with Crippen molar-refractivity contribution >= 4 is 29.3 Å². The van der Waals surface area contributed by atoms with Crippen molar-refractivity contribution in [1.82, 2.24) is 9.97 Å². The highest BCUT2D eigenvalue weighted by atomic mass is 16.1. The predicted molar refractivity (Wildman–Crippen MR) is 94.4 cm³/mol. The Morgan fingerprint density at radius 2 is 1.87 bits per heavy atom. The van der Waals surface area contributed by atoms with E-state index >= 15 is 0 Å². The van der Waals surface area contributed by atoms with Gasteiger partial charge in [-0.15, -0.1) is 0 Å². The predicted octanol–water partition coefficient (Wildman–Crippen LogP) is 3.27. The molecule has 0 saturated carbocycles. The van der Waals surface area contributed by atoms with Crippen LogP contribution in [0.1, 0.15) is 11.1 Å². The molecule has 0 amide bonds. The maximum Gasteiger partial charge on any atom is 0.248 e. The van der Waals surface area contributed by atoms with Crippen LogP contribution in [0.5, 0.6) is 0 Å². The van der Waals surface area contributed by atoms with Gasteiger partial charge in [0.1, 0.15) is 0 Å². The van der Waals surface area contributed by atoms with Crippen molar-refractivity contribution in [3.63, 3.8) is 0 Å². The molecule has 5 nitrogen and oxygen atoms in total. The lowest BCUT2D eigenvalue weighted by molar-refractivity contribution is 1.23. The summed E-state index contributed by atoms with van der Waals surface area (Å²) >= 11 is 0. The van der Waals surface area contributed by atoms with Gasteiger partial charge in [-0.2, -0.15) is 0 Å². The van der Waals surface area contributed by atoms with Crippen molar-refractivity contribution in [2.75, 3.05) is 11.1 Å². The van der Waals surface area contributed by atoms with Gasteiger partial charge in [-0.25, -0.2) is 4.98 Å². The van der Waals surface area contributed by atoms with Gasteiger partial charge in [-0.3, -0.25) is 4.79 Å². The van der Waals surface area contributed by atoms with E-state index < -0.39 is 0 Å². The number of aromatic amines is 1. The summed E-state index contributed by atoms with van der Waals surface area (Å²) in [7, 11) is 0. The number of nitrogen functional groups attached to an aromatic ring is 1. The number of rotatable bonds is 4. The normalized spacial score (nSPS) is 10.8. The van der Waals surface area contributed by atoms with Gasteiger partial charge in [0.05, 0.1) is 5.69 Å². The molecule has 114 valence electrons. The summed E-state index contributed by atoms with van der Waals surface area (Å²) in [6, 6.07) is 14.8. The fourth-order valence-electron chi connectivity index (χ4n) is 2.14. The molecule has 0 atom stereocenters. The summed E-state index contributed by atoms with van der Waals surface area (Å²) in [5.41, 5.74) is 9.11. The zero-order chi connectivity index (χ0) is 16.1. The second-order valence-electron chi connectivity index (χ2n) is 5.01. The molecule has 0 aliphatic rings. The summed E-state index contributed by atoms with van der Waals surface area (Å²) in [4.78, 5) is 18.1. The molecule has 0 aliphatic heterocycles. The van der Waals surface area contributed by atoms with Crippen molar-refractivity contribution in [3.05, 3.63) is 82.4 Å². The number of nitrogens with one attached hydrogen (secondary N) is 2. The van der Waals surface area contributed by atoms with Gasteiger partial charge in [0, 0.05) is 24.1 Å². The molecule has 5 heteroatoms. The van der Waals surface area contributed by atoms with Crippen LogP contribution < -0.4 is 16.6 Å². The van der Waals surface area contributed by atoms with Crippen LogP contribution in [0.3, 0.4) is 0 Å². The Kier molecular flexibility index (Phi) is 4.20. The molecule has 4 N–H and O–H groups in total. The van der Waals surface area contributed by atoms with E-state index in [0.717, 1.165) is 16.8 Å². The number of anilines is 3. The van der Waals surface area contributed by atoms with E-state index in [9.17, 15) is 4.79 Å². The molecule has 0 fully saturated rings. The molecule has 1 aromatic carbocycles. The van der Waals surface area contributed by atoms with Crippen molar-refractivity contribution in [2.24, 2.45) is 0 Å². The zero-order valence-corrected chi connectivity index (χ0v) is 12.4. The first-order valence-electron chi connectivity index (χ1n) is 7.15. The maximum absolute atomic E-state index is 11.3. The minimum absolute atomic E-state index is 0.117. The van der Waals surface area contributed by atoms with Gasteiger partial charge in [0.15, 0.2) is 5.82 Å². The van der Waals surface area contributed by atoms with E-state index in [1.807, 2.05) is 42.5 Å². The Hall–Kier alpha value is -3.34. The van der Waals surface area contributed by atoms with E-state index in [-0.39, 0.29) is 5.56 Å². The topological polar surface area (TPSA) is 83.8 Å². The number of nitrogens with two attached hydrogens (primary N) is 1. The molecule has 0 saturated heterocycles. The number of aromatic nitrogens is 2. The molecule has 2 aromatic heterocycles. The Balaban J connectivity index is 1.80. The van der Waals surface area contributed by atoms with Crippen LogP contribution in [0, 0.1) is 0 Å². The van der Waals surface area contributed by atoms with Gasteiger partial charge in [-0.1, -0.05) is 24.3 Å². The summed E-state index contributed by atoms with van der Waals surface area (Å²) in [5.74, 6) is 0.628. The second-order valence-corrected chi connectivity index (χ2v) is 5.01. The number of hydrogen-bond acceptors (Lipinski definition) is 4. The first-order valence-corrected chi connectivity index (χ1v) is 7.15. The van der Waals surface area contributed by atoms with Gasteiger partial charge in [0.2, 0.25) is 5.56 Å². The van der Waals surface area contributed by atoms with Crippen LogP contribution in [0.15, 0.2) is 65.7 Å². The molecule has 0 aliphatic carbocycles. The second kappa shape index (κ2) is 6.62. The highest BCUT2D eigenvalue weighted by Crippen LogP contribution is 2.21. The van der Waals surface area contributed by atoms with Crippen LogP contribution >= 0.6 is 0 Å². The highest BCUT2D eigenvalue weighted by Gasteiger charge is 2.00. The third kappa shape index (κ3) is 3.85. The van der Waals surface area contributed by atoms with E-state index in [1.54, 1.807) is 30.6 Å². The maximum atomic E-state index is 11.3. The monoisotopic (exact) mass is 304 g/mol. The average Bonchev–Trinajstić information content (AvgIpc) is 2.56. The van der Waals surface area contributed by atoms with Crippen molar-refractivity contribution in [3.8, 4) is 0 Å². The molecular weight excluding hydrogens is 288 g/mol. The standard InChI is InChI=1S/C18H16N4O/c19-16-5-2-9-21-18(16)22-15-4-1-3-13(11-15)6-7-14-8-10-20-17(23)12-14/h1-12H,19H2,(H,20,23)(H,21,22)/b7-6+. The van der Waals surface area contributed by atoms with Gasteiger partial charge >= 0.3 is 0 Å². The van der Waals surface area contributed by atoms with Crippen LogP contribution in [0.2, 0.25) is 0 Å². The van der Waals surface area contributed by atoms with Gasteiger partial charge in [-0.05, 0) is 41.5 Å². The van der Waals surface area contributed by atoms with Crippen LogP contribution in [-0.2, 0) is 0 Å². The molecule has 0 spiro atoms. The molecule has 23 heavy (non-hydrogen) atoms. The number of hydrogen-bond donors (Lipinski definition) is 3.